The maximum Gasteiger partial charge on any atom is 0.433 e. The van der Waals surface area contributed by atoms with Gasteiger partial charge in [-0.1, -0.05) is 0 Å². The summed E-state index contributed by atoms with van der Waals surface area (Å²) < 4.78 is 53.5. The minimum absolute atomic E-state index is 0.0157. The zero-order chi connectivity index (χ0) is 23.0. The minimum atomic E-state index is -4.59. The van der Waals surface area contributed by atoms with Crippen LogP contribution in [0.15, 0.2) is 48.8 Å². The molecule has 0 atom stereocenters. The highest BCUT2D eigenvalue weighted by molar-refractivity contribution is 6.04. The van der Waals surface area contributed by atoms with Crippen LogP contribution in [0.5, 0.6) is 0 Å². The Hall–Kier alpha value is -3.95. The van der Waals surface area contributed by atoms with Crippen LogP contribution in [0.1, 0.15) is 27.3 Å². The number of nitrogens with one attached hydrogen (secondary N) is 1. The molecule has 0 fully saturated rings. The fraction of sp³-hybridized carbons (Fsp3) is 0.136. The molecule has 3 aromatic heterocycles. The summed E-state index contributed by atoms with van der Waals surface area (Å²) >= 11 is 0. The predicted octanol–water partition coefficient (Wildman–Crippen LogP) is 5.11. The Bertz CT molecular complexity index is 1350. The number of hydrogen-bond acceptors (Lipinski definition) is 5. The van der Waals surface area contributed by atoms with Crippen LogP contribution in [0.4, 0.5) is 23.2 Å². The number of carbonyl (C=O) groups is 1. The van der Waals surface area contributed by atoms with Crippen molar-refractivity contribution in [2.75, 3.05) is 5.32 Å². The summed E-state index contributed by atoms with van der Waals surface area (Å²) in [5.74, 6) is -1.09. The second-order valence-electron chi connectivity index (χ2n) is 7.08. The number of fused-ring (bicyclic) bond motifs is 1. The Morgan fingerprint density at radius 2 is 1.78 bits per heavy atom. The van der Waals surface area contributed by atoms with Gasteiger partial charge in [-0.15, -0.1) is 0 Å². The van der Waals surface area contributed by atoms with E-state index >= 15 is 0 Å². The summed E-state index contributed by atoms with van der Waals surface area (Å²) in [6.45, 7) is 3.22. The molecule has 10 heteroatoms. The van der Waals surface area contributed by atoms with Crippen LogP contribution in [-0.4, -0.2) is 25.8 Å². The average Bonchev–Trinajstić information content (AvgIpc) is 2.74. The van der Waals surface area contributed by atoms with Gasteiger partial charge in [0.1, 0.15) is 17.0 Å². The highest BCUT2D eigenvalue weighted by atomic mass is 19.4. The van der Waals surface area contributed by atoms with Gasteiger partial charge in [0, 0.05) is 23.0 Å². The van der Waals surface area contributed by atoms with Crippen molar-refractivity contribution >= 4 is 22.6 Å². The van der Waals surface area contributed by atoms with Crippen molar-refractivity contribution < 1.29 is 22.4 Å². The molecule has 0 spiro atoms. The predicted molar refractivity (Wildman–Crippen MR) is 109 cm³/mol. The lowest BCUT2D eigenvalue weighted by atomic mass is 10.1. The highest BCUT2D eigenvalue weighted by Gasteiger charge is 2.33. The number of amides is 1. The van der Waals surface area contributed by atoms with Gasteiger partial charge in [0.25, 0.3) is 5.91 Å². The molecule has 4 aromatic rings. The monoisotopic (exact) mass is 441 g/mol. The molecule has 0 bridgehead atoms. The molecule has 0 aliphatic carbocycles. The fourth-order valence-electron chi connectivity index (χ4n) is 3.10. The first kappa shape index (κ1) is 21.3. The van der Waals surface area contributed by atoms with Crippen LogP contribution < -0.4 is 5.32 Å². The first-order chi connectivity index (χ1) is 15.1. The molecule has 0 aliphatic rings. The maximum atomic E-state index is 14.6. The number of aryl methyl sites for hydroxylation is 2. The standard InChI is InChI=1S/C22H15F4N5O/c1-11-7-18(22(24,25)26)29-17-10-28-20(31-19(11)17)13-3-4-16(15(23)9-13)30-21(32)14-5-6-27-12(2)8-14/h3-10H,1-2H3,(H,30,32). The topological polar surface area (TPSA) is 80.7 Å². The highest BCUT2D eigenvalue weighted by Crippen LogP contribution is 2.31. The second kappa shape index (κ2) is 7.95. The van der Waals surface area contributed by atoms with Crippen molar-refractivity contribution in [3.8, 4) is 11.4 Å². The number of nitrogens with zero attached hydrogens (tertiary/aromatic N) is 4. The minimum Gasteiger partial charge on any atom is -0.319 e. The summed E-state index contributed by atoms with van der Waals surface area (Å²) in [6, 6.07) is 8.00. The molecule has 0 aliphatic heterocycles. The SMILES string of the molecule is Cc1cc(C(=O)Nc2ccc(-c3ncc4nc(C(F)(F)F)cc(C)c4n3)cc2F)ccn1. The Morgan fingerprint density at radius 1 is 1.00 bits per heavy atom. The Labute approximate surface area is 179 Å². The third-order valence-corrected chi connectivity index (χ3v) is 4.66. The van der Waals surface area contributed by atoms with Crippen LogP contribution >= 0.6 is 0 Å². The lowest BCUT2D eigenvalue weighted by Gasteiger charge is -2.10. The molecular formula is C22H15F4N5O. The van der Waals surface area contributed by atoms with E-state index in [0.717, 1.165) is 12.1 Å². The molecule has 1 N–H and O–H groups in total. The molecule has 0 saturated carbocycles. The van der Waals surface area contributed by atoms with Crippen LogP contribution in [0.2, 0.25) is 0 Å². The smallest absolute Gasteiger partial charge is 0.319 e. The summed E-state index contributed by atoms with van der Waals surface area (Å²) in [5, 5.41) is 2.49. The largest absolute Gasteiger partial charge is 0.433 e. The van der Waals surface area contributed by atoms with Gasteiger partial charge in [-0.05, 0) is 55.8 Å². The number of rotatable bonds is 3. The quantitative estimate of drug-likeness (QED) is 0.447. The molecule has 4 rings (SSSR count). The zero-order valence-electron chi connectivity index (χ0n) is 16.8. The van der Waals surface area contributed by atoms with Gasteiger partial charge in [0.15, 0.2) is 5.82 Å². The van der Waals surface area contributed by atoms with E-state index in [0.29, 0.717) is 16.8 Å². The Kier molecular flexibility index (Phi) is 5.29. The zero-order valence-corrected chi connectivity index (χ0v) is 16.8. The van der Waals surface area contributed by atoms with E-state index in [1.54, 1.807) is 13.0 Å². The number of halogens is 4. The molecule has 32 heavy (non-hydrogen) atoms. The lowest BCUT2D eigenvalue weighted by molar-refractivity contribution is -0.141. The first-order valence-electron chi connectivity index (χ1n) is 9.37. The Balaban J connectivity index is 1.63. The lowest BCUT2D eigenvalue weighted by Crippen LogP contribution is -2.13. The van der Waals surface area contributed by atoms with Gasteiger partial charge >= 0.3 is 6.18 Å². The number of aromatic nitrogens is 4. The number of anilines is 1. The van der Waals surface area contributed by atoms with Crippen molar-refractivity contribution in [3.63, 3.8) is 0 Å². The summed E-state index contributed by atoms with van der Waals surface area (Å²) in [5.41, 5.74) is 0.682. The summed E-state index contributed by atoms with van der Waals surface area (Å²) in [7, 11) is 0. The van der Waals surface area contributed by atoms with Gasteiger partial charge in [0.05, 0.1) is 17.4 Å². The molecular weight excluding hydrogens is 426 g/mol. The van der Waals surface area contributed by atoms with Gasteiger partial charge in [-0.3, -0.25) is 9.78 Å². The number of carbonyl (C=O) groups excluding carboxylic acids is 1. The van der Waals surface area contributed by atoms with Gasteiger partial charge in [-0.2, -0.15) is 13.2 Å². The normalized spacial score (nSPS) is 11.6. The third-order valence-electron chi connectivity index (χ3n) is 4.66. The van der Waals surface area contributed by atoms with Crippen molar-refractivity contribution in [2.24, 2.45) is 0 Å². The fourth-order valence-corrected chi connectivity index (χ4v) is 3.10. The summed E-state index contributed by atoms with van der Waals surface area (Å²) in [6.07, 6.45) is -1.94. The average molecular weight is 441 g/mol. The number of pyridine rings is 2. The van der Waals surface area contributed by atoms with Crippen LogP contribution in [-0.2, 0) is 6.18 Å². The van der Waals surface area contributed by atoms with Crippen LogP contribution in [0.25, 0.3) is 22.4 Å². The molecule has 1 amide bonds. The molecule has 0 unspecified atom stereocenters. The molecule has 0 saturated heterocycles. The van der Waals surface area contributed by atoms with Crippen LogP contribution in [0.3, 0.4) is 0 Å². The van der Waals surface area contributed by atoms with Crippen molar-refractivity contribution in [1.29, 1.82) is 0 Å². The van der Waals surface area contributed by atoms with Gasteiger partial charge < -0.3 is 5.32 Å². The molecule has 0 radical (unpaired) electrons. The van der Waals surface area contributed by atoms with Crippen molar-refractivity contribution in [3.05, 3.63) is 77.1 Å². The van der Waals surface area contributed by atoms with E-state index in [9.17, 15) is 22.4 Å². The third kappa shape index (κ3) is 4.25. The first-order valence-corrected chi connectivity index (χ1v) is 9.37. The Morgan fingerprint density at radius 3 is 2.47 bits per heavy atom. The van der Waals surface area contributed by atoms with E-state index in [1.807, 2.05) is 0 Å². The van der Waals surface area contributed by atoms with Crippen molar-refractivity contribution in [2.45, 2.75) is 20.0 Å². The number of hydrogen-bond donors (Lipinski definition) is 1. The number of benzene rings is 1. The molecule has 6 nitrogen and oxygen atoms in total. The maximum absolute atomic E-state index is 14.6. The second-order valence-corrected chi connectivity index (χ2v) is 7.08. The van der Waals surface area contributed by atoms with E-state index in [-0.39, 0.29) is 28.1 Å². The van der Waals surface area contributed by atoms with Gasteiger partial charge in [0.2, 0.25) is 0 Å². The van der Waals surface area contributed by atoms with E-state index in [1.165, 1.54) is 37.5 Å². The van der Waals surface area contributed by atoms with Crippen molar-refractivity contribution in [1.82, 2.24) is 19.9 Å². The van der Waals surface area contributed by atoms with E-state index in [4.69, 9.17) is 0 Å². The molecule has 3 heterocycles. The van der Waals surface area contributed by atoms with E-state index < -0.39 is 23.6 Å². The summed E-state index contributed by atoms with van der Waals surface area (Å²) in [4.78, 5) is 28.2. The molecule has 162 valence electrons. The van der Waals surface area contributed by atoms with Gasteiger partial charge in [-0.25, -0.2) is 19.3 Å². The van der Waals surface area contributed by atoms with E-state index in [2.05, 4.69) is 25.3 Å². The molecule has 1 aromatic carbocycles. The van der Waals surface area contributed by atoms with Crippen LogP contribution in [0, 0.1) is 19.7 Å². The number of alkyl halides is 3.